The number of ether oxygens (including phenoxy) is 1. The van der Waals surface area contributed by atoms with Gasteiger partial charge in [0.2, 0.25) is 5.91 Å². The molecule has 0 unspecified atom stereocenters. The van der Waals surface area contributed by atoms with E-state index in [0.717, 1.165) is 22.1 Å². The number of rotatable bonds is 7. The molecule has 0 saturated carbocycles. The van der Waals surface area contributed by atoms with E-state index in [2.05, 4.69) is 16.0 Å². The molecule has 0 saturated heterocycles. The van der Waals surface area contributed by atoms with Gasteiger partial charge in [-0.1, -0.05) is 54.6 Å². The highest BCUT2D eigenvalue weighted by molar-refractivity contribution is 7.80. The molecule has 4 rings (SSSR count). The molecule has 0 spiro atoms. The van der Waals surface area contributed by atoms with Crippen LogP contribution in [0.25, 0.3) is 10.8 Å². The highest BCUT2D eigenvalue weighted by Gasteiger charge is 2.14. The topological polar surface area (TPSA) is 79.5 Å². The average molecular weight is 484 g/mol. The molecule has 4 aromatic rings. The Morgan fingerprint density at radius 2 is 1.54 bits per heavy atom. The fraction of sp³-hybridized carbons (Fsp3) is 0.107. The number of thiocarbonyl (C=S) groups is 1. The van der Waals surface area contributed by atoms with Gasteiger partial charge in [-0.25, -0.2) is 0 Å². The van der Waals surface area contributed by atoms with Crippen LogP contribution in [0.1, 0.15) is 22.8 Å². The van der Waals surface area contributed by atoms with Gasteiger partial charge in [-0.3, -0.25) is 9.59 Å². The maximum atomic E-state index is 12.9. The molecule has 0 fully saturated rings. The summed E-state index contributed by atoms with van der Waals surface area (Å²) < 4.78 is 5.43. The zero-order chi connectivity index (χ0) is 24.6. The number of nitrogens with one attached hydrogen (secondary N) is 3. The Balaban J connectivity index is 1.39. The molecular formula is C28H25N3O3S. The molecule has 0 bridgehead atoms. The Hall–Kier alpha value is -4.23. The summed E-state index contributed by atoms with van der Waals surface area (Å²) in [7, 11) is 0. The summed E-state index contributed by atoms with van der Waals surface area (Å²) in [5.41, 5.74) is 2.44. The van der Waals surface area contributed by atoms with E-state index >= 15 is 0 Å². The van der Waals surface area contributed by atoms with Crippen molar-refractivity contribution in [2.75, 3.05) is 17.2 Å². The molecule has 3 N–H and O–H groups in total. The molecule has 35 heavy (non-hydrogen) atoms. The van der Waals surface area contributed by atoms with Crippen LogP contribution >= 0.6 is 12.2 Å². The minimum absolute atomic E-state index is 0.122. The molecule has 2 amide bonds. The summed E-state index contributed by atoms with van der Waals surface area (Å²) >= 11 is 5.35. The molecule has 7 heteroatoms. The van der Waals surface area contributed by atoms with Crippen molar-refractivity contribution in [2.24, 2.45) is 0 Å². The molecule has 0 aliphatic heterocycles. The Morgan fingerprint density at radius 3 is 2.34 bits per heavy atom. The molecule has 0 atom stereocenters. The van der Waals surface area contributed by atoms with Crippen LogP contribution in [0.5, 0.6) is 5.75 Å². The predicted octanol–water partition coefficient (Wildman–Crippen LogP) is 5.55. The van der Waals surface area contributed by atoms with Gasteiger partial charge >= 0.3 is 0 Å². The largest absolute Gasteiger partial charge is 0.494 e. The maximum absolute atomic E-state index is 12.9. The van der Waals surface area contributed by atoms with Gasteiger partial charge < -0.3 is 20.7 Å². The zero-order valence-electron chi connectivity index (χ0n) is 19.2. The Labute approximate surface area is 209 Å². The van der Waals surface area contributed by atoms with Gasteiger partial charge in [0.05, 0.1) is 24.3 Å². The van der Waals surface area contributed by atoms with Gasteiger partial charge in [-0.05, 0) is 71.9 Å². The van der Waals surface area contributed by atoms with Crippen LogP contribution in [-0.4, -0.2) is 23.5 Å². The monoisotopic (exact) mass is 483 g/mol. The smallest absolute Gasteiger partial charge is 0.257 e. The van der Waals surface area contributed by atoms with E-state index in [0.29, 0.717) is 23.5 Å². The molecule has 0 aromatic heterocycles. The summed E-state index contributed by atoms with van der Waals surface area (Å²) in [6, 6.07) is 27.9. The predicted molar refractivity (Wildman–Crippen MR) is 144 cm³/mol. The van der Waals surface area contributed by atoms with Crippen molar-refractivity contribution in [1.29, 1.82) is 0 Å². The van der Waals surface area contributed by atoms with Crippen LogP contribution < -0.4 is 20.7 Å². The third kappa shape index (κ3) is 6.22. The van der Waals surface area contributed by atoms with Gasteiger partial charge in [0.25, 0.3) is 5.91 Å². The molecule has 0 aliphatic rings. The molecule has 6 nitrogen and oxygen atoms in total. The Bertz CT molecular complexity index is 1360. The van der Waals surface area contributed by atoms with E-state index in [1.54, 1.807) is 48.5 Å². The first-order chi connectivity index (χ1) is 17.0. The lowest BCUT2D eigenvalue weighted by Crippen LogP contribution is -2.35. The fourth-order valence-corrected chi connectivity index (χ4v) is 3.96. The second-order valence-electron chi connectivity index (χ2n) is 7.77. The van der Waals surface area contributed by atoms with E-state index in [9.17, 15) is 9.59 Å². The maximum Gasteiger partial charge on any atom is 0.257 e. The third-order valence-electron chi connectivity index (χ3n) is 5.33. The first kappa shape index (κ1) is 23.9. The van der Waals surface area contributed by atoms with E-state index in [4.69, 9.17) is 17.0 Å². The number of para-hydroxylation sites is 1. The number of amides is 2. The molecule has 176 valence electrons. The van der Waals surface area contributed by atoms with E-state index < -0.39 is 0 Å². The zero-order valence-corrected chi connectivity index (χ0v) is 20.0. The number of fused-ring (bicyclic) bond motifs is 1. The van der Waals surface area contributed by atoms with Crippen molar-refractivity contribution < 1.29 is 14.3 Å². The van der Waals surface area contributed by atoms with Crippen LogP contribution in [0.15, 0.2) is 91.0 Å². The lowest BCUT2D eigenvalue weighted by atomic mass is 10.0. The van der Waals surface area contributed by atoms with Crippen LogP contribution in [0.2, 0.25) is 0 Å². The number of anilines is 2. The summed E-state index contributed by atoms with van der Waals surface area (Å²) in [5, 5.41) is 10.8. The molecule has 0 heterocycles. The normalized spacial score (nSPS) is 10.4. The van der Waals surface area contributed by atoms with Gasteiger partial charge in [0.1, 0.15) is 5.75 Å². The lowest BCUT2D eigenvalue weighted by Gasteiger charge is -2.14. The second-order valence-corrected chi connectivity index (χ2v) is 8.18. The van der Waals surface area contributed by atoms with Crippen molar-refractivity contribution in [3.63, 3.8) is 0 Å². The summed E-state index contributed by atoms with van der Waals surface area (Å²) in [4.78, 5) is 25.6. The third-order valence-corrected chi connectivity index (χ3v) is 5.53. The van der Waals surface area contributed by atoms with Crippen molar-refractivity contribution in [2.45, 2.75) is 13.3 Å². The van der Waals surface area contributed by atoms with Gasteiger partial charge in [0.15, 0.2) is 5.11 Å². The first-order valence-electron chi connectivity index (χ1n) is 11.2. The van der Waals surface area contributed by atoms with Crippen LogP contribution in [0.4, 0.5) is 11.4 Å². The number of carbonyl (C=O) groups excluding carboxylic acids is 2. The number of hydrogen-bond acceptors (Lipinski definition) is 4. The fourth-order valence-electron chi connectivity index (χ4n) is 3.73. The van der Waals surface area contributed by atoms with Gasteiger partial charge in [-0.2, -0.15) is 0 Å². The average Bonchev–Trinajstić information content (AvgIpc) is 2.86. The standard InChI is InChI=1S/C28H25N3O3S/c1-2-34-22-16-14-21(15-17-22)29-27(33)24-12-5-6-13-25(24)30-28(35)31-26(32)18-20-10-7-9-19-8-3-4-11-23(19)20/h3-17H,2,18H2,1H3,(H,29,33)(H2,30,31,32,35). The first-order valence-corrected chi connectivity index (χ1v) is 11.6. The van der Waals surface area contributed by atoms with Crippen molar-refractivity contribution in [3.05, 3.63) is 102 Å². The Kier molecular flexibility index (Phi) is 7.70. The summed E-state index contributed by atoms with van der Waals surface area (Å²) in [5.74, 6) is 0.189. The number of carbonyl (C=O) groups is 2. The van der Waals surface area contributed by atoms with Crippen molar-refractivity contribution in [3.8, 4) is 5.75 Å². The minimum Gasteiger partial charge on any atom is -0.494 e. The van der Waals surface area contributed by atoms with Crippen LogP contribution in [0, 0.1) is 0 Å². The highest BCUT2D eigenvalue weighted by atomic mass is 32.1. The lowest BCUT2D eigenvalue weighted by molar-refractivity contribution is -0.119. The van der Waals surface area contributed by atoms with Crippen LogP contribution in [-0.2, 0) is 11.2 Å². The molecule has 0 aliphatic carbocycles. The second kappa shape index (κ2) is 11.3. The van der Waals surface area contributed by atoms with Gasteiger partial charge in [-0.15, -0.1) is 0 Å². The summed E-state index contributed by atoms with van der Waals surface area (Å²) in [6.07, 6.45) is 0.184. The summed E-state index contributed by atoms with van der Waals surface area (Å²) in [6.45, 7) is 2.49. The minimum atomic E-state index is -0.304. The SMILES string of the molecule is CCOc1ccc(NC(=O)c2ccccc2NC(=S)NC(=O)Cc2cccc3ccccc23)cc1. The van der Waals surface area contributed by atoms with E-state index in [1.807, 2.05) is 49.4 Å². The molecule has 4 aromatic carbocycles. The Morgan fingerprint density at radius 1 is 0.829 bits per heavy atom. The molecular weight excluding hydrogens is 458 g/mol. The van der Waals surface area contributed by atoms with Crippen LogP contribution in [0.3, 0.4) is 0 Å². The number of hydrogen-bond donors (Lipinski definition) is 3. The number of benzene rings is 4. The highest BCUT2D eigenvalue weighted by Crippen LogP contribution is 2.21. The van der Waals surface area contributed by atoms with E-state index in [1.165, 1.54) is 0 Å². The van der Waals surface area contributed by atoms with E-state index in [-0.39, 0.29) is 23.3 Å². The van der Waals surface area contributed by atoms with Gasteiger partial charge in [0, 0.05) is 5.69 Å². The van der Waals surface area contributed by atoms with Crippen molar-refractivity contribution >= 4 is 51.3 Å². The quantitative estimate of drug-likeness (QED) is 0.301. The molecule has 0 radical (unpaired) electrons. The van der Waals surface area contributed by atoms with Crippen molar-refractivity contribution in [1.82, 2.24) is 5.32 Å².